The maximum atomic E-state index is 14.7. The molecular formula is C62H67NO13S. The van der Waals surface area contributed by atoms with Crippen LogP contribution in [0, 0.1) is 0 Å². The third kappa shape index (κ3) is 15.8. The first-order chi connectivity index (χ1) is 37.8. The molecule has 77 heavy (non-hydrogen) atoms. The van der Waals surface area contributed by atoms with E-state index in [1.54, 1.807) is 32.4 Å². The van der Waals surface area contributed by atoms with Gasteiger partial charge in [0.15, 0.2) is 12.6 Å². The summed E-state index contributed by atoms with van der Waals surface area (Å²) in [5, 5.41) is 0. The van der Waals surface area contributed by atoms with Crippen LogP contribution in [0.2, 0.25) is 0 Å². The Morgan fingerprint density at radius 2 is 0.766 bits per heavy atom. The van der Waals surface area contributed by atoms with Crippen LogP contribution in [-0.2, 0) is 97.0 Å². The summed E-state index contributed by atoms with van der Waals surface area (Å²) in [5.41, 5.74) is 5.47. The number of ether oxygens (including phenoxy) is 11. The normalized spacial score (nSPS) is 23.6. The summed E-state index contributed by atoms with van der Waals surface area (Å²) in [4.78, 5) is 0.0427. The van der Waals surface area contributed by atoms with Crippen molar-refractivity contribution < 1.29 is 60.5 Å². The molecule has 15 heteroatoms. The van der Waals surface area contributed by atoms with Crippen molar-refractivity contribution in [3.63, 3.8) is 0 Å². The number of hydrogen-bond donors (Lipinski definition) is 1. The summed E-state index contributed by atoms with van der Waals surface area (Å²) >= 11 is 0. The summed E-state index contributed by atoms with van der Waals surface area (Å²) in [6.45, 7) is 0.986. The molecule has 0 spiro atoms. The molecule has 7 aromatic rings. The Morgan fingerprint density at radius 3 is 1.23 bits per heavy atom. The number of benzene rings is 7. The Balaban J connectivity index is 1.08. The summed E-state index contributed by atoms with van der Waals surface area (Å²) in [6, 6.07) is 63.4. The molecular weight excluding hydrogens is 999 g/mol. The van der Waals surface area contributed by atoms with Crippen LogP contribution in [0.1, 0.15) is 33.4 Å². The molecule has 14 nitrogen and oxygen atoms in total. The second-order valence-corrected chi connectivity index (χ2v) is 20.5. The highest BCUT2D eigenvalue weighted by Gasteiger charge is 2.52. The SMILES string of the molecule is COc1ccc(CO[C@H]2[C@H](OCc3ccccc3)[C@@H](OCc3ccccc3)[C@H](OC)O[C@@H]2CO[C@@H]2O[C@H](COCc3ccccc3)[C@@H](OCc3ccccc3)[C@H](OCc3ccccc3)[C@H]2NS(=O)(=O)c2ccccc2)cc1. The predicted molar refractivity (Wildman–Crippen MR) is 289 cm³/mol. The van der Waals surface area contributed by atoms with Gasteiger partial charge in [0.1, 0.15) is 54.5 Å². The molecule has 0 radical (unpaired) electrons. The van der Waals surface area contributed by atoms with Crippen molar-refractivity contribution in [3.8, 4) is 5.75 Å². The van der Waals surface area contributed by atoms with Gasteiger partial charge in [0.05, 0.1) is 64.9 Å². The largest absolute Gasteiger partial charge is 0.497 e. The Kier molecular flexibility index (Phi) is 20.6. The minimum atomic E-state index is -4.26. The molecule has 2 aliphatic heterocycles. The predicted octanol–water partition coefficient (Wildman–Crippen LogP) is 9.60. The lowest BCUT2D eigenvalue weighted by Gasteiger charge is -2.48. The molecule has 0 bridgehead atoms. The van der Waals surface area contributed by atoms with E-state index in [4.69, 9.17) is 52.1 Å². The van der Waals surface area contributed by atoms with Crippen LogP contribution in [0.4, 0.5) is 0 Å². The fraction of sp³-hybridized carbons (Fsp3) is 0.323. The maximum Gasteiger partial charge on any atom is 0.241 e. The van der Waals surface area contributed by atoms with Gasteiger partial charge in [-0.15, -0.1) is 0 Å². The van der Waals surface area contributed by atoms with Crippen molar-refractivity contribution in [3.05, 3.63) is 240 Å². The van der Waals surface area contributed by atoms with Crippen molar-refractivity contribution in [2.24, 2.45) is 0 Å². The molecule has 2 fully saturated rings. The highest BCUT2D eigenvalue weighted by molar-refractivity contribution is 7.89. The van der Waals surface area contributed by atoms with E-state index in [9.17, 15) is 8.42 Å². The average Bonchev–Trinajstić information content (AvgIpc) is 3.48. The molecule has 0 saturated carbocycles. The third-order valence-electron chi connectivity index (χ3n) is 13.4. The molecule has 2 heterocycles. The molecule has 7 aromatic carbocycles. The highest BCUT2D eigenvalue weighted by atomic mass is 32.2. The van der Waals surface area contributed by atoms with Gasteiger partial charge >= 0.3 is 0 Å². The fourth-order valence-corrected chi connectivity index (χ4v) is 10.6. The van der Waals surface area contributed by atoms with Crippen molar-refractivity contribution >= 4 is 10.0 Å². The number of nitrogens with one attached hydrogen (secondary N) is 1. The van der Waals surface area contributed by atoms with Gasteiger partial charge in [0.25, 0.3) is 0 Å². The van der Waals surface area contributed by atoms with Crippen LogP contribution in [0.5, 0.6) is 5.75 Å². The van der Waals surface area contributed by atoms with Crippen molar-refractivity contribution in [1.82, 2.24) is 4.72 Å². The Labute approximate surface area is 452 Å². The van der Waals surface area contributed by atoms with Gasteiger partial charge in [0.2, 0.25) is 10.0 Å². The average molecular weight is 1070 g/mol. The van der Waals surface area contributed by atoms with Gasteiger partial charge in [-0.05, 0) is 57.6 Å². The standard InChI is InChI=1S/C62H67NO13S/c1-66-51-35-33-50(34-36-51)42-70-57-54(76-62(67-2)60(73-41-49-29-17-7-18-30-49)59(57)72-40-48-27-15-6-16-28-48)44-74-61-55(63-77(64,65)52-31-19-8-20-32-52)58(71-39-47-25-13-5-14-26-47)56(69-38-46-23-11-4-12-24-46)53(75-61)43-68-37-45-21-9-3-10-22-45/h3-36,53-63H,37-44H2,1-2H3/t53-,54-,55-,56-,57-,58-,59+,60-,61-,62-/m1/s1. The quantitative estimate of drug-likeness (QED) is 0.0522. The van der Waals surface area contributed by atoms with E-state index in [2.05, 4.69) is 4.72 Å². The molecule has 9 rings (SSSR count). The van der Waals surface area contributed by atoms with E-state index < -0.39 is 71.4 Å². The highest BCUT2D eigenvalue weighted by Crippen LogP contribution is 2.35. The van der Waals surface area contributed by atoms with Gasteiger partial charge in [-0.2, -0.15) is 0 Å². The van der Waals surface area contributed by atoms with Gasteiger partial charge in [-0.1, -0.05) is 182 Å². The van der Waals surface area contributed by atoms with E-state index in [1.807, 2.05) is 176 Å². The lowest BCUT2D eigenvalue weighted by atomic mass is 9.96. The van der Waals surface area contributed by atoms with Crippen LogP contribution >= 0.6 is 0 Å². The van der Waals surface area contributed by atoms with Gasteiger partial charge in [0, 0.05) is 7.11 Å². The molecule has 0 aliphatic carbocycles. The van der Waals surface area contributed by atoms with E-state index in [0.29, 0.717) is 5.75 Å². The van der Waals surface area contributed by atoms with E-state index >= 15 is 0 Å². The van der Waals surface area contributed by atoms with E-state index in [0.717, 1.165) is 33.4 Å². The van der Waals surface area contributed by atoms with Gasteiger partial charge in [-0.3, -0.25) is 0 Å². The Morgan fingerprint density at radius 1 is 0.390 bits per heavy atom. The summed E-state index contributed by atoms with van der Waals surface area (Å²) in [5.74, 6) is 0.704. The molecule has 0 unspecified atom stereocenters. The lowest BCUT2D eigenvalue weighted by molar-refractivity contribution is -0.337. The molecule has 0 aromatic heterocycles. The number of hydrogen-bond acceptors (Lipinski definition) is 13. The second-order valence-electron chi connectivity index (χ2n) is 18.8. The minimum absolute atomic E-state index is 0.0344. The molecule has 0 amide bonds. The zero-order chi connectivity index (χ0) is 53.1. The topological polar surface area (TPSA) is 148 Å². The number of methoxy groups -OCH3 is 2. The summed E-state index contributed by atoms with van der Waals surface area (Å²) in [6.07, 6.45) is -8.38. The molecule has 2 saturated heterocycles. The number of rotatable bonds is 27. The van der Waals surface area contributed by atoms with Crippen molar-refractivity contribution in [1.29, 1.82) is 0 Å². The summed E-state index contributed by atoms with van der Waals surface area (Å²) in [7, 11) is -1.09. The van der Waals surface area contributed by atoms with E-state index in [1.165, 1.54) is 12.1 Å². The molecule has 2 aliphatic rings. The smallest absolute Gasteiger partial charge is 0.241 e. The first-order valence-electron chi connectivity index (χ1n) is 25.8. The Bertz CT molecular complexity index is 2880. The molecule has 404 valence electrons. The van der Waals surface area contributed by atoms with E-state index in [-0.39, 0.29) is 57.8 Å². The molecule has 1 N–H and O–H groups in total. The van der Waals surface area contributed by atoms with Crippen LogP contribution in [0.25, 0.3) is 0 Å². The zero-order valence-electron chi connectivity index (χ0n) is 43.3. The van der Waals surface area contributed by atoms with Crippen molar-refractivity contribution in [2.45, 2.75) is 106 Å². The molecule has 10 atom stereocenters. The monoisotopic (exact) mass is 1070 g/mol. The van der Waals surface area contributed by atoms with Gasteiger partial charge < -0.3 is 52.1 Å². The van der Waals surface area contributed by atoms with Gasteiger partial charge in [-0.25, -0.2) is 13.1 Å². The maximum absolute atomic E-state index is 14.7. The van der Waals surface area contributed by atoms with Crippen molar-refractivity contribution in [2.75, 3.05) is 27.4 Å². The zero-order valence-corrected chi connectivity index (χ0v) is 44.1. The first kappa shape index (κ1) is 55.6. The van der Waals surface area contributed by atoms with Crippen LogP contribution in [-0.4, -0.2) is 97.2 Å². The lowest BCUT2D eigenvalue weighted by Crippen LogP contribution is -2.67. The van der Waals surface area contributed by atoms with Crippen LogP contribution in [0.15, 0.2) is 211 Å². The van der Waals surface area contributed by atoms with Crippen LogP contribution in [0.3, 0.4) is 0 Å². The second kappa shape index (κ2) is 28.5. The van der Waals surface area contributed by atoms with Crippen LogP contribution < -0.4 is 9.46 Å². The summed E-state index contributed by atoms with van der Waals surface area (Å²) < 4.78 is 105. The fourth-order valence-electron chi connectivity index (χ4n) is 9.36. The first-order valence-corrected chi connectivity index (χ1v) is 27.3. The minimum Gasteiger partial charge on any atom is -0.497 e. The number of sulfonamides is 1. The third-order valence-corrected chi connectivity index (χ3v) is 14.9. The Hall–Kier alpha value is -6.15.